The van der Waals surface area contributed by atoms with E-state index in [-0.39, 0.29) is 6.42 Å². The zero-order valence-electron chi connectivity index (χ0n) is 22.3. The van der Waals surface area contributed by atoms with E-state index in [9.17, 15) is 24.6 Å². The first-order valence-corrected chi connectivity index (χ1v) is 12.8. The molecule has 0 aliphatic heterocycles. The number of aryl methyl sites for hydroxylation is 1. The van der Waals surface area contributed by atoms with Crippen molar-refractivity contribution in [2.24, 2.45) is 5.92 Å². The van der Waals surface area contributed by atoms with E-state index in [0.717, 1.165) is 41.4 Å². The van der Waals surface area contributed by atoms with Gasteiger partial charge in [0.25, 0.3) is 0 Å². The van der Waals surface area contributed by atoms with E-state index in [1.54, 1.807) is 24.3 Å². The molecule has 1 amide bonds. The Morgan fingerprint density at radius 3 is 2.42 bits per heavy atom. The fraction of sp³-hybridized carbons (Fsp3) is 0.414. The van der Waals surface area contributed by atoms with Gasteiger partial charge in [-0.15, -0.1) is 0 Å². The minimum absolute atomic E-state index is 0.317. The van der Waals surface area contributed by atoms with Crippen LogP contribution in [0.4, 0.5) is 0 Å². The molecule has 0 spiro atoms. The van der Waals surface area contributed by atoms with Crippen LogP contribution in [0.25, 0.3) is 10.9 Å². The third-order valence-electron chi connectivity index (χ3n) is 6.56. The second-order valence-corrected chi connectivity index (χ2v) is 9.26. The van der Waals surface area contributed by atoms with Gasteiger partial charge in [-0.2, -0.15) is 0 Å². The van der Waals surface area contributed by atoms with Gasteiger partial charge >= 0.3 is 11.9 Å². The molecule has 3 aromatic rings. The number of hydrogen-bond acceptors (Lipinski definition) is 6. The molecule has 9 heteroatoms. The van der Waals surface area contributed by atoms with E-state index >= 15 is 0 Å². The molecule has 3 N–H and O–H groups in total. The topological polar surface area (TPSA) is 127 Å². The van der Waals surface area contributed by atoms with Gasteiger partial charge in [-0.05, 0) is 53.8 Å². The number of esters is 1. The number of carbonyl (C=O) groups is 3. The Hall–Kier alpha value is -3.85. The summed E-state index contributed by atoms with van der Waals surface area (Å²) in [5.74, 6) is -2.83. The second kappa shape index (κ2) is 13.1. The minimum atomic E-state index is -1.36. The number of nitrogens with one attached hydrogen (secondary N) is 1. The highest BCUT2D eigenvalue weighted by molar-refractivity contribution is 5.90. The summed E-state index contributed by atoms with van der Waals surface area (Å²) in [4.78, 5) is 36.1. The summed E-state index contributed by atoms with van der Waals surface area (Å²) in [6.07, 6.45) is 2.50. The number of rotatable bonds is 13. The summed E-state index contributed by atoms with van der Waals surface area (Å²) in [7, 11) is 2.86. The van der Waals surface area contributed by atoms with Crippen LogP contribution in [0.5, 0.6) is 5.75 Å². The molecule has 9 nitrogen and oxygen atoms in total. The van der Waals surface area contributed by atoms with Crippen LogP contribution >= 0.6 is 0 Å². The predicted octanol–water partition coefficient (Wildman–Crippen LogP) is 4.09. The van der Waals surface area contributed by atoms with E-state index in [0.29, 0.717) is 29.8 Å². The summed E-state index contributed by atoms with van der Waals surface area (Å²) in [5, 5.41) is 24.3. The molecular weight excluding hydrogens is 488 g/mol. The van der Waals surface area contributed by atoms with E-state index in [2.05, 4.69) is 16.8 Å². The van der Waals surface area contributed by atoms with Gasteiger partial charge in [-0.1, -0.05) is 26.0 Å². The molecule has 0 saturated carbocycles. The Morgan fingerprint density at radius 1 is 1.03 bits per heavy atom. The molecule has 3 rings (SSSR count). The standard InChI is InChI=1S/C29H36N2O7/c1-5-11-30-26(32)16-23(28(34)35)27(33)19-9-10-24-22(14-19)21(17-31(24)12-6-2)13-18-7-8-20(29(36)38-4)15-25(18)37-3/h7-10,14-15,17,23,27,33H,5-6,11-13,16H2,1-4H3,(H,30,32)(H,34,35). The average Bonchev–Trinajstić information content (AvgIpc) is 3.26. The maximum atomic E-state index is 12.2. The lowest BCUT2D eigenvalue weighted by atomic mass is 9.91. The second-order valence-electron chi connectivity index (χ2n) is 9.26. The Labute approximate surface area is 222 Å². The van der Waals surface area contributed by atoms with E-state index in [1.807, 2.05) is 25.3 Å². The van der Waals surface area contributed by atoms with Crippen molar-refractivity contribution in [2.75, 3.05) is 20.8 Å². The lowest BCUT2D eigenvalue weighted by molar-refractivity contribution is -0.148. The lowest BCUT2D eigenvalue weighted by Crippen LogP contribution is -2.31. The van der Waals surface area contributed by atoms with Crippen molar-refractivity contribution in [1.29, 1.82) is 0 Å². The monoisotopic (exact) mass is 524 g/mol. The van der Waals surface area contributed by atoms with Gasteiger partial charge in [0.15, 0.2) is 0 Å². The molecule has 204 valence electrons. The number of aliphatic carboxylic acids is 1. The number of fused-ring (bicyclic) bond motifs is 1. The van der Waals surface area contributed by atoms with Gasteiger partial charge in [0.05, 0.1) is 31.8 Å². The van der Waals surface area contributed by atoms with E-state index in [4.69, 9.17) is 9.47 Å². The Balaban J connectivity index is 2.00. The van der Waals surface area contributed by atoms with Crippen LogP contribution < -0.4 is 10.1 Å². The number of carboxylic acid groups (broad SMARTS) is 1. The number of aromatic nitrogens is 1. The molecule has 2 aromatic carbocycles. The van der Waals surface area contributed by atoms with Crippen LogP contribution in [-0.4, -0.2) is 53.4 Å². The highest BCUT2D eigenvalue weighted by Crippen LogP contribution is 2.33. The maximum absolute atomic E-state index is 12.2. The third kappa shape index (κ3) is 6.52. The molecule has 0 aliphatic rings. The number of carbonyl (C=O) groups excluding carboxylic acids is 2. The van der Waals surface area contributed by atoms with Crippen LogP contribution in [0, 0.1) is 5.92 Å². The first-order valence-electron chi connectivity index (χ1n) is 12.8. The smallest absolute Gasteiger partial charge is 0.337 e. The summed E-state index contributed by atoms with van der Waals surface area (Å²) < 4.78 is 12.5. The van der Waals surface area contributed by atoms with Crippen LogP contribution in [0.15, 0.2) is 42.6 Å². The predicted molar refractivity (Wildman–Crippen MR) is 143 cm³/mol. The number of aliphatic hydroxyl groups is 1. The normalized spacial score (nSPS) is 12.7. The van der Waals surface area contributed by atoms with Crippen LogP contribution in [-0.2, 0) is 27.3 Å². The first-order chi connectivity index (χ1) is 18.2. The van der Waals surface area contributed by atoms with E-state index < -0.39 is 29.9 Å². The highest BCUT2D eigenvalue weighted by Gasteiger charge is 2.30. The summed E-state index contributed by atoms with van der Waals surface area (Å²) >= 11 is 0. The van der Waals surface area contributed by atoms with Crippen molar-refractivity contribution < 1.29 is 34.1 Å². The third-order valence-corrected chi connectivity index (χ3v) is 6.56. The Kier molecular flexibility index (Phi) is 9.90. The van der Waals surface area contributed by atoms with Gasteiger partial charge in [0, 0.05) is 43.0 Å². The Morgan fingerprint density at radius 2 is 1.79 bits per heavy atom. The van der Waals surface area contributed by atoms with Gasteiger partial charge < -0.3 is 29.6 Å². The number of amides is 1. The van der Waals surface area contributed by atoms with Crippen molar-refractivity contribution in [3.05, 3.63) is 64.8 Å². The SMILES string of the molecule is CCCNC(=O)CC(C(=O)O)C(O)c1ccc2c(c1)c(Cc1ccc(C(=O)OC)cc1OC)cn2CCC. The number of benzene rings is 2. The molecule has 2 unspecified atom stereocenters. The van der Waals surface area contributed by atoms with Crippen molar-refractivity contribution in [1.82, 2.24) is 9.88 Å². The average molecular weight is 525 g/mol. The van der Waals surface area contributed by atoms with Gasteiger partial charge in [0.1, 0.15) is 5.75 Å². The van der Waals surface area contributed by atoms with Gasteiger partial charge in [0.2, 0.25) is 5.91 Å². The fourth-order valence-electron chi connectivity index (χ4n) is 4.58. The largest absolute Gasteiger partial charge is 0.496 e. The van der Waals surface area contributed by atoms with Crippen molar-refractivity contribution in [3.8, 4) is 5.75 Å². The number of ether oxygens (including phenoxy) is 2. The fourth-order valence-corrected chi connectivity index (χ4v) is 4.58. The zero-order chi connectivity index (χ0) is 27.8. The first kappa shape index (κ1) is 28.7. The number of methoxy groups -OCH3 is 2. The minimum Gasteiger partial charge on any atom is -0.496 e. The quantitative estimate of drug-likeness (QED) is 0.288. The molecule has 0 radical (unpaired) electrons. The molecule has 1 aromatic heterocycles. The summed E-state index contributed by atoms with van der Waals surface area (Å²) in [6, 6.07) is 10.5. The van der Waals surface area contributed by atoms with Crippen molar-refractivity contribution in [2.45, 2.75) is 52.2 Å². The van der Waals surface area contributed by atoms with E-state index in [1.165, 1.54) is 14.2 Å². The highest BCUT2D eigenvalue weighted by atomic mass is 16.5. The van der Waals surface area contributed by atoms with Gasteiger partial charge in [-0.25, -0.2) is 4.79 Å². The summed E-state index contributed by atoms with van der Waals surface area (Å²) in [5.41, 5.74) is 3.58. The zero-order valence-corrected chi connectivity index (χ0v) is 22.3. The maximum Gasteiger partial charge on any atom is 0.337 e. The molecule has 38 heavy (non-hydrogen) atoms. The van der Waals surface area contributed by atoms with Gasteiger partial charge in [-0.3, -0.25) is 9.59 Å². The Bertz CT molecular complexity index is 1300. The molecule has 0 saturated heterocycles. The van der Waals surface area contributed by atoms with Crippen molar-refractivity contribution in [3.63, 3.8) is 0 Å². The van der Waals surface area contributed by atoms with Crippen LogP contribution in [0.2, 0.25) is 0 Å². The molecular formula is C29H36N2O7. The summed E-state index contributed by atoms with van der Waals surface area (Å²) in [6.45, 7) is 5.22. The molecule has 0 bridgehead atoms. The lowest BCUT2D eigenvalue weighted by Gasteiger charge is -2.19. The van der Waals surface area contributed by atoms with Crippen LogP contribution in [0.1, 0.15) is 66.3 Å². The number of aliphatic hydroxyl groups excluding tert-OH is 1. The molecule has 1 heterocycles. The molecule has 0 fully saturated rings. The molecule has 2 atom stereocenters. The van der Waals surface area contributed by atoms with Crippen molar-refractivity contribution >= 4 is 28.7 Å². The number of carboxylic acids is 1. The molecule has 0 aliphatic carbocycles. The number of nitrogens with zero attached hydrogens (tertiary/aromatic N) is 1. The number of hydrogen-bond donors (Lipinski definition) is 3. The van der Waals surface area contributed by atoms with Crippen LogP contribution in [0.3, 0.4) is 0 Å².